The van der Waals surface area contributed by atoms with Crippen LogP contribution in [0.1, 0.15) is 25.7 Å². The molecule has 2 heterocycles. The van der Waals surface area contributed by atoms with E-state index >= 15 is 0 Å². The molecule has 2 aromatic rings. The standard InChI is InChI=1S/C11H13N3O2/c1-7(8(2)15)11-13-10(14-16-11)9-4-3-5-12-6-9/h3-8,15H,1-2H3. The lowest BCUT2D eigenvalue weighted by atomic mass is 10.1. The van der Waals surface area contributed by atoms with Crippen molar-refractivity contribution in [2.75, 3.05) is 0 Å². The van der Waals surface area contributed by atoms with Crippen molar-refractivity contribution in [3.05, 3.63) is 30.4 Å². The van der Waals surface area contributed by atoms with Gasteiger partial charge in [-0.15, -0.1) is 0 Å². The highest BCUT2D eigenvalue weighted by molar-refractivity contribution is 5.51. The van der Waals surface area contributed by atoms with E-state index in [1.165, 1.54) is 0 Å². The summed E-state index contributed by atoms with van der Waals surface area (Å²) in [6, 6.07) is 3.66. The zero-order valence-corrected chi connectivity index (χ0v) is 9.16. The Morgan fingerprint density at radius 2 is 2.19 bits per heavy atom. The van der Waals surface area contributed by atoms with Crippen LogP contribution in [0.15, 0.2) is 29.0 Å². The van der Waals surface area contributed by atoms with Crippen LogP contribution in [0.3, 0.4) is 0 Å². The maximum Gasteiger partial charge on any atom is 0.232 e. The Labute approximate surface area is 93.1 Å². The number of hydrogen-bond donors (Lipinski definition) is 1. The average Bonchev–Trinajstić information content (AvgIpc) is 2.78. The zero-order valence-electron chi connectivity index (χ0n) is 9.16. The van der Waals surface area contributed by atoms with E-state index in [2.05, 4.69) is 15.1 Å². The topological polar surface area (TPSA) is 72.0 Å². The normalized spacial score (nSPS) is 14.7. The number of pyridine rings is 1. The van der Waals surface area contributed by atoms with Crippen LogP contribution in [0.5, 0.6) is 0 Å². The van der Waals surface area contributed by atoms with Gasteiger partial charge < -0.3 is 9.63 Å². The molecule has 5 heteroatoms. The average molecular weight is 219 g/mol. The highest BCUT2D eigenvalue weighted by atomic mass is 16.5. The van der Waals surface area contributed by atoms with Crippen LogP contribution in [-0.2, 0) is 0 Å². The van der Waals surface area contributed by atoms with Gasteiger partial charge in [-0.3, -0.25) is 4.98 Å². The van der Waals surface area contributed by atoms with Crippen LogP contribution < -0.4 is 0 Å². The van der Waals surface area contributed by atoms with Crippen molar-refractivity contribution >= 4 is 0 Å². The molecule has 0 aliphatic heterocycles. The van der Waals surface area contributed by atoms with E-state index in [9.17, 15) is 5.11 Å². The fourth-order valence-electron chi connectivity index (χ4n) is 1.24. The molecule has 0 aliphatic carbocycles. The number of aliphatic hydroxyl groups is 1. The third-order valence-electron chi connectivity index (χ3n) is 2.47. The molecule has 2 atom stereocenters. The summed E-state index contributed by atoms with van der Waals surface area (Å²) in [6.07, 6.45) is 2.84. The summed E-state index contributed by atoms with van der Waals surface area (Å²) in [5, 5.41) is 13.3. The molecule has 0 fully saturated rings. The van der Waals surface area contributed by atoms with Gasteiger partial charge in [0.15, 0.2) is 0 Å². The van der Waals surface area contributed by atoms with Crippen LogP contribution in [0.2, 0.25) is 0 Å². The first-order valence-corrected chi connectivity index (χ1v) is 5.10. The van der Waals surface area contributed by atoms with E-state index in [1.807, 2.05) is 19.1 Å². The van der Waals surface area contributed by atoms with E-state index in [0.717, 1.165) is 5.56 Å². The third-order valence-corrected chi connectivity index (χ3v) is 2.47. The van der Waals surface area contributed by atoms with Gasteiger partial charge in [0.25, 0.3) is 0 Å². The van der Waals surface area contributed by atoms with Crippen molar-refractivity contribution in [1.82, 2.24) is 15.1 Å². The molecule has 2 unspecified atom stereocenters. The summed E-state index contributed by atoms with van der Waals surface area (Å²) in [5.41, 5.74) is 0.801. The van der Waals surface area contributed by atoms with Gasteiger partial charge in [0.1, 0.15) is 0 Å². The first-order chi connectivity index (χ1) is 7.68. The Kier molecular flexibility index (Phi) is 2.96. The van der Waals surface area contributed by atoms with E-state index in [-0.39, 0.29) is 5.92 Å². The first kappa shape index (κ1) is 10.8. The summed E-state index contributed by atoms with van der Waals surface area (Å²) >= 11 is 0. The maximum absolute atomic E-state index is 9.41. The molecule has 5 nitrogen and oxygen atoms in total. The van der Waals surface area contributed by atoms with Crippen LogP contribution in [0, 0.1) is 0 Å². The lowest BCUT2D eigenvalue weighted by molar-refractivity contribution is 0.151. The fourth-order valence-corrected chi connectivity index (χ4v) is 1.24. The molecule has 2 aromatic heterocycles. The molecule has 0 saturated carbocycles. The van der Waals surface area contributed by atoms with Gasteiger partial charge in [0.05, 0.1) is 12.0 Å². The number of rotatable bonds is 3. The van der Waals surface area contributed by atoms with Crippen molar-refractivity contribution in [2.24, 2.45) is 0 Å². The lowest BCUT2D eigenvalue weighted by Crippen LogP contribution is -2.11. The van der Waals surface area contributed by atoms with Gasteiger partial charge in [0.2, 0.25) is 11.7 Å². The summed E-state index contributed by atoms with van der Waals surface area (Å²) in [4.78, 5) is 8.20. The molecular weight excluding hydrogens is 206 g/mol. The molecule has 0 amide bonds. The molecule has 84 valence electrons. The monoisotopic (exact) mass is 219 g/mol. The molecule has 1 N–H and O–H groups in total. The Morgan fingerprint density at radius 3 is 2.81 bits per heavy atom. The molecule has 2 rings (SSSR count). The SMILES string of the molecule is CC(O)C(C)c1nc(-c2cccnc2)no1. The minimum absolute atomic E-state index is 0.169. The molecule has 0 aliphatic rings. The molecule has 16 heavy (non-hydrogen) atoms. The number of aromatic nitrogens is 3. The van der Waals surface area contributed by atoms with Gasteiger partial charge in [-0.25, -0.2) is 0 Å². The Hall–Kier alpha value is -1.75. The molecule has 0 aromatic carbocycles. The summed E-state index contributed by atoms with van der Waals surface area (Å²) in [6.45, 7) is 3.53. The lowest BCUT2D eigenvalue weighted by Gasteiger charge is -2.07. The summed E-state index contributed by atoms with van der Waals surface area (Å²) in [5.74, 6) is 0.766. The number of nitrogens with zero attached hydrogens (tertiary/aromatic N) is 3. The summed E-state index contributed by atoms with van der Waals surface area (Å²) in [7, 11) is 0. The van der Waals surface area contributed by atoms with Crippen molar-refractivity contribution in [3.63, 3.8) is 0 Å². The van der Waals surface area contributed by atoms with E-state index in [4.69, 9.17) is 4.52 Å². The van der Waals surface area contributed by atoms with Crippen LogP contribution in [0.25, 0.3) is 11.4 Å². The molecular formula is C11H13N3O2. The second-order valence-electron chi connectivity index (χ2n) is 3.73. The largest absolute Gasteiger partial charge is 0.393 e. The fraction of sp³-hybridized carbons (Fsp3) is 0.364. The Bertz CT molecular complexity index is 453. The predicted molar refractivity (Wildman–Crippen MR) is 57.6 cm³/mol. The highest BCUT2D eigenvalue weighted by Crippen LogP contribution is 2.20. The van der Waals surface area contributed by atoms with Crippen molar-refractivity contribution < 1.29 is 9.63 Å². The third kappa shape index (κ3) is 2.09. The van der Waals surface area contributed by atoms with E-state index < -0.39 is 6.10 Å². The minimum Gasteiger partial charge on any atom is -0.393 e. The molecule has 0 bridgehead atoms. The molecule has 0 saturated heterocycles. The summed E-state index contributed by atoms with van der Waals surface area (Å²) < 4.78 is 5.09. The predicted octanol–water partition coefficient (Wildman–Crippen LogP) is 1.62. The molecule has 0 radical (unpaired) electrons. The van der Waals surface area contributed by atoms with E-state index in [0.29, 0.717) is 11.7 Å². The van der Waals surface area contributed by atoms with Gasteiger partial charge >= 0.3 is 0 Å². The van der Waals surface area contributed by atoms with Crippen molar-refractivity contribution in [1.29, 1.82) is 0 Å². The van der Waals surface area contributed by atoms with Crippen molar-refractivity contribution in [3.8, 4) is 11.4 Å². The maximum atomic E-state index is 9.41. The van der Waals surface area contributed by atoms with Gasteiger partial charge in [0, 0.05) is 18.0 Å². The first-order valence-electron chi connectivity index (χ1n) is 5.10. The second kappa shape index (κ2) is 4.40. The zero-order chi connectivity index (χ0) is 11.5. The molecule has 0 spiro atoms. The van der Waals surface area contributed by atoms with Crippen molar-refractivity contribution in [2.45, 2.75) is 25.9 Å². The van der Waals surface area contributed by atoms with Crippen LogP contribution in [-0.4, -0.2) is 26.3 Å². The van der Waals surface area contributed by atoms with E-state index in [1.54, 1.807) is 19.3 Å². The number of hydrogen-bond acceptors (Lipinski definition) is 5. The van der Waals surface area contributed by atoms with Gasteiger partial charge in [-0.05, 0) is 19.1 Å². The van der Waals surface area contributed by atoms with Gasteiger partial charge in [-0.1, -0.05) is 12.1 Å². The second-order valence-corrected chi connectivity index (χ2v) is 3.73. The Morgan fingerprint density at radius 1 is 1.38 bits per heavy atom. The smallest absolute Gasteiger partial charge is 0.232 e. The van der Waals surface area contributed by atoms with Crippen LogP contribution >= 0.6 is 0 Å². The van der Waals surface area contributed by atoms with Gasteiger partial charge in [-0.2, -0.15) is 4.98 Å². The minimum atomic E-state index is -0.512. The number of aliphatic hydroxyl groups excluding tert-OH is 1. The highest BCUT2D eigenvalue weighted by Gasteiger charge is 2.19. The van der Waals surface area contributed by atoms with Crippen LogP contribution in [0.4, 0.5) is 0 Å². The quantitative estimate of drug-likeness (QED) is 0.849. The Balaban J connectivity index is 2.27.